The van der Waals surface area contributed by atoms with E-state index in [1.165, 1.54) is 0 Å². The molecule has 0 bridgehead atoms. The van der Waals surface area contributed by atoms with Crippen LogP contribution in [0.1, 0.15) is 18.5 Å². The van der Waals surface area contributed by atoms with Crippen molar-refractivity contribution in [2.75, 3.05) is 20.6 Å². The first-order valence-electron chi connectivity index (χ1n) is 5.21. The van der Waals surface area contributed by atoms with Gasteiger partial charge >= 0.3 is 0 Å². The zero-order valence-corrected chi connectivity index (χ0v) is 10.6. The maximum absolute atomic E-state index is 11.3. The van der Waals surface area contributed by atoms with E-state index in [-0.39, 0.29) is 11.9 Å². The van der Waals surface area contributed by atoms with Crippen LogP contribution in [-0.2, 0) is 4.79 Å². The summed E-state index contributed by atoms with van der Waals surface area (Å²) >= 11 is 6.11. The van der Waals surface area contributed by atoms with Gasteiger partial charge in [0, 0.05) is 18.1 Å². The quantitative estimate of drug-likeness (QED) is 0.874. The summed E-state index contributed by atoms with van der Waals surface area (Å²) in [4.78, 5) is 13.2. The van der Waals surface area contributed by atoms with E-state index in [1.807, 2.05) is 43.1 Å². The first-order valence-corrected chi connectivity index (χ1v) is 5.59. The average molecular weight is 241 g/mol. The number of rotatable bonds is 4. The smallest absolute Gasteiger partial charge is 0.233 e. The molecule has 4 heteroatoms. The van der Waals surface area contributed by atoms with E-state index in [4.69, 9.17) is 11.6 Å². The molecule has 1 amide bonds. The predicted octanol–water partition coefficient (Wildman–Crippen LogP) is 2.08. The van der Waals surface area contributed by atoms with E-state index in [0.29, 0.717) is 6.54 Å². The number of nitrogens with zero attached hydrogens (tertiary/aromatic N) is 1. The Kier molecular flexibility index (Phi) is 4.77. The molecule has 0 saturated carbocycles. The Labute approximate surface area is 101 Å². The molecule has 1 aromatic rings. The van der Waals surface area contributed by atoms with Gasteiger partial charge in [0.2, 0.25) is 5.91 Å². The third kappa shape index (κ3) is 3.22. The molecule has 1 unspecified atom stereocenters. The molecule has 1 rings (SSSR count). The largest absolute Gasteiger partial charge is 0.358 e. The fourth-order valence-electron chi connectivity index (χ4n) is 1.49. The van der Waals surface area contributed by atoms with Gasteiger partial charge in [0.15, 0.2) is 0 Å². The van der Waals surface area contributed by atoms with Crippen molar-refractivity contribution < 1.29 is 4.79 Å². The van der Waals surface area contributed by atoms with Crippen LogP contribution in [0, 0.1) is 0 Å². The van der Waals surface area contributed by atoms with Crippen LogP contribution in [-0.4, -0.2) is 31.4 Å². The van der Waals surface area contributed by atoms with Gasteiger partial charge in [-0.2, -0.15) is 0 Å². The molecule has 1 aromatic carbocycles. The molecule has 0 radical (unpaired) electrons. The van der Waals surface area contributed by atoms with E-state index >= 15 is 0 Å². The minimum atomic E-state index is 0.00130. The number of carbonyl (C=O) groups is 1. The summed E-state index contributed by atoms with van der Waals surface area (Å²) in [5.41, 5.74) is 1.04. The van der Waals surface area contributed by atoms with Crippen LogP contribution in [0.15, 0.2) is 24.3 Å². The van der Waals surface area contributed by atoms with Crippen LogP contribution < -0.4 is 5.32 Å². The normalized spacial score (nSPS) is 12.6. The van der Waals surface area contributed by atoms with Gasteiger partial charge in [0.25, 0.3) is 0 Å². The molecule has 0 fully saturated rings. The Morgan fingerprint density at radius 1 is 1.50 bits per heavy atom. The number of benzene rings is 1. The van der Waals surface area contributed by atoms with Crippen molar-refractivity contribution in [1.82, 2.24) is 10.2 Å². The summed E-state index contributed by atoms with van der Waals surface area (Å²) < 4.78 is 0. The molecule has 1 atom stereocenters. The SMILES string of the molecule is CNC(=O)CN(C)C(C)c1ccccc1Cl. The summed E-state index contributed by atoms with van der Waals surface area (Å²) in [7, 11) is 3.54. The number of halogens is 1. The van der Waals surface area contributed by atoms with Gasteiger partial charge in [-0.15, -0.1) is 0 Å². The van der Waals surface area contributed by atoms with Crippen molar-refractivity contribution in [3.8, 4) is 0 Å². The second kappa shape index (κ2) is 5.87. The van der Waals surface area contributed by atoms with Crippen molar-refractivity contribution in [3.05, 3.63) is 34.9 Å². The molecule has 0 aliphatic heterocycles. The second-order valence-corrected chi connectivity index (χ2v) is 4.19. The summed E-state index contributed by atoms with van der Waals surface area (Å²) in [6.07, 6.45) is 0. The van der Waals surface area contributed by atoms with Gasteiger partial charge in [-0.3, -0.25) is 9.69 Å². The molecule has 0 aromatic heterocycles. The van der Waals surface area contributed by atoms with Crippen LogP contribution in [0.5, 0.6) is 0 Å². The van der Waals surface area contributed by atoms with E-state index in [0.717, 1.165) is 10.6 Å². The second-order valence-electron chi connectivity index (χ2n) is 3.79. The molecule has 16 heavy (non-hydrogen) atoms. The lowest BCUT2D eigenvalue weighted by Gasteiger charge is -2.24. The number of amides is 1. The van der Waals surface area contributed by atoms with E-state index in [1.54, 1.807) is 7.05 Å². The van der Waals surface area contributed by atoms with Crippen molar-refractivity contribution in [2.45, 2.75) is 13.0 Å². The first kappa shape index (κ1) is 13.0. The fourth-order valence-corrected chi connectivity index (χ4v) is 1.79. The monoisotopic (exact) mass is 240 g/mol. The van der Waals surface area contributed by atoms with Crippen molar-refractivity contribution in [1.29, 1.82) is 0 Å². The zero-order valence-electron chi connectivity index (χ0n) is 9.83. The van der Waals surface area contributed by atoms with Gasteiger partial charge in [-0.1, -0.05) is 29.8 Å². The van der Waals surface area contributed by atoms with Crippen LogP contribution in [0.3, 0.4) is 0 Å². The number of nitrogens with one attached hydrogen (secondary N) is 1. The van der Waals surface area contributed by atoms with Crippen molar-refractivity contribution in [2.24, 2.45) is 0 Å². The highest BCUT2D eigenvalue weighted by atomic mass is 35.5. The molecular weight excluding hydrogens is 224 g/mol. The van der Waals surface area contributed by atoms with E-state index in [9.17, 15) is 4.79 Å². The Morgan fingerprint density at radius 3 is 2.69 bits per heavy atom. The van der Waals surface area contributed by atoms with Gasteiger partial charge in [0.1, 0.15) is 0 Å². The maximum Gasteiger partial charge on any atom is 0.233 e. The van der Waals surface area contributed by atoms with Crippen LogP contribution in [0.25, 0.3) is 0 Å². The molecule has 0 aliphatic carbocycles. The molecular formula is C12H17ClN2O. The van der Waals surface area contributed by atoms with Crippen LogP contribution in [0.4, 0.5) is 0 Å². The molecule has 0 heterocycles. The topological polar surface area (TPSA) is 32.3 Å². The van der Waals surface area contributed by atoms with Gasteiger partial charge in [-0.25, -0.2) is 0 Å². The lowest BCUT2D eigenvalue weighted by molar-refractivity contribution is -0.121. The van der Waals surface area contributed by atoms with Crippen molar-refractivity contribution in [3.63, 3.8) is 0 Å². The predicted molar refractivity (Wildman–Crippen MR) is 66.6 cm³/mol. The zero-order chi connectivity index (χ0) is 12.1. The lowest BCUT2D eigenvalue weighted by Crippen LogP contribution is -2.34. The van der Waals surface area contributed by atoms with E-state index < -0.39 is 0 Å². The lowest BCUT2D eigenvalue weighted by atomic mass is 10.1. The number of likely N-dealkylation sites (N-methyl/N-ethyl adjacent to an activating group) is 2. The Bertz CT molecular complexity index is 368. The standard InChI is InChI=1S/C12H17ClN2O/c1-9(15(3)8-12(16)14-2)10-6-4-5-7-11(10)13/h4-7,9H,8H2,1-3H3,(H,14,16). The van der Waals surface area contributed by atoms with E-state index in [2.05, 4.69) is 5.32 Å². The number of hydrogen-bond acceptors (Lipinski definition) is 2. The Balaban J connectivity index is 2.74. The third-order valence-electron chi connectivity index (χ3n) is 2.69. The first-order chi connectivity index (χ1) is 7.56. The molecule has 0 saturated heterocycles. The van der Waals surface area contributed by atoms with Crippen molar-refractivity contribution >= 4 is 17.5 Å². The summed E-state index contributed by atoms with van der Waals surface area (Å²) in [6, 6.07) is 7.81. The summed E-state index contributed by atoms with van der Waals surface area (Å²) in [6.45, 7) is 2.40. The Morgan fingerprint density at radius 2 is 2.12 bits per heavy atom. The van der Waals surface area contributed by atoms with Crippen LogP contribution in [0.2, 0.25) is 5.02 Å². The molecule has 0 spiro atoms. The minimum absolute atomic E-state index is 0.00130. The minimum Gasteiger partial charge on any atom is -0.358 e. The maximum atomic E-state index is 11.3. The summed E-state index contributed by atoms with van der Waals surface area (Å²) in [5.74, 6) is 0.00130. The summed E-state index contributed by atoms with van der Waals surface area (Å²) in [5, 5.41) is 3.34. The van der Waals surface area contributed by atoms with Gasteiger partial charge < -0.3 is 5.32 Å². The highest BCUT2D eigenvalue weighted by molar-refractivity contribution is 6.31. The molecule has 1 N–H and O–H groups in total. The molecule has 88 valence electrons. The number of hydrogen-bond donors (Lipinski definition) is 1. The Hall–Kier alpha value is -1.06. The molecule has 0 aliphatic rings. The average Bonchev–Trinajstić information content (AvgIpc) is 2.28. The fraction of sp³-hybridized carbons (Fsp3) is 0.417. The highest BCUT2D eigenvalue weighted by Gasteiger charge is 2.15. The van der Waals surface area contributed by atoms with Gasteiger partial charge in [0.05, 0.1) is 6.54 Å². The van der Waals surface area contributed by atoms with Gasteiger partial charge in [-0.05, 0) is 25.6 Å². The molecule has 3 nitrogen and oxygen atoms in total. The number of carbonyl (C=O) groups excluding carboxylic acids is 1. The highest BCUT2D eigenvalue weighted by Crippen LogP contribution is 2.25. The third-order valence-corrected chi connectivity index (χ3v) is 3.03. The van der Waals surface area contributed by atoms with Crippen LogP contribution >= 0.6 is 11.6 Å².